The summed E-state index contributed by atoms with van der Waals surface area (Å²) in [6.45, 7) is 0. The smallest absolute Gasteiger partial charge is 0.0562 e. The zero-order valence-corrected chi connectivity index (χ0v) is 35.6. The van der Waals surface area contributed by atoms with Crippen LogP contribution in [0.4, 0.5) is 0 Å². The molecule has 0 aliphatic rings. The van der Waals surface area contributed by atoms with Crippen molar-refractivity contribution in [1.82, 2.24) is 0 Å². The molecule has 6 heteroatoms. The van der Waals surface area contributed by atoms with Crippen LogP contribution in [0.3, 0.4) is 0 Å². The van der Waals surface area contributed by atoms with E-state index in [0.29, 0.717) is 15.1 Å². The molecule has 0 N–H and O–H groups in total. The Labute approximate surface area is 361 Å². The predicted molar refractivity (Wildman–Crippen MR) is 244 cm³/mol. The lowest BCUT2D eigenvalue weighted by Crippen LogP contribution is -1.72. The first-order chi connectivity index (χ1) is 26.0. The second kappa shape index (κ2) is 28.5. The van der Waals surface area contributed by atoms with Gasteiger partial charge in [-0.1, -0.05) is 139 Å². The minimum absolute atomic E-state index is 0.639. The Kier molecular flexibility index (Phi) is 24.8. The van der Waals surface area contributed by atoms with Gasteiger partial charge in [-0.15, -0.1) is 38.5 Å². The van der Waals surface area contributed by atoms with Gasteiger partial charge in [0.25, 0.3) is 0 Å². The minimum Gasteiger partial charge on any atom is -0.115 e. The van der Waals surface area contributed by atoms with E-state index in [2.05, 4.69) is 83.3 Å². The second-order valence-electron chi connectivity index (χ2n) is 9.86. The molecule has 6 rings (SSSR count). The molecule has 0 spiro atoms. The number of terminal acetylenes is 6. The molecule has 0 aliphatic carbocycles. The van der Waals surface area contributed by atoms with Crippen molar-refractivity contribution in [3.63, 3.8) is 0 Å². The highest BCUT2D eigenvalue weighted by molar-refractivity contribution is 9.11. The molecule has 6 aromatic carbocycles. The van der Waals surface area contributed by atoms with Crippen LogP contribution in [0.2, 0.25) is 15.1 Å². The van der Waals surface area contributed by atoms with Crippen LogP contribution >= 0.6 is 82.6 Å². The van der Waals surface area contributed by atoms with E-state index >= 15 is 0 Å². The molecule has 0 radical (unpaired) electrons. The van der Waals surface area contributed by atoms with E-state index in [1.54, 1.807) is 30.3 Å². The number of hydrogen-bond donors (Lipinski definition) is 0. The second-order valence-corrected chi connectivity index (χ2v) is 13.8. The Morgan fingerprint density at radius 1 is 0.352 bits per heavy atom. The Balaban J connectivity index is 0.000000324. The molecule has 0 nitrogen and oxygen atoms in total. The van der Waals surface area contributed by atoms with Crippen molar-refractivity contribution in [3.8, 4) is 74.1 Å². The van der Waals surface area contributed by atoms with Gasteiger partial charge in [0.15, 0.2) is 0 Å². The number of benzene rings is 6. The molecule has 264 valence electrons. The van der Waals surface area contributed by atoms with Gasteiger partial charge < -0.3 is 0 Å². The van der Waals surface area contributed by atoms with Crippen LogP contribution in [0.5, 0.6) is 0 Å². The fourth-order valence-electron chi connectivity index (χ4n) is 3.41. The van der Waals surface area contributed by atoms with Crippen LogP contribution in [-0.4, -0.2) is 0 Å². The summed E-state index contributed by atoms with van der Waals surface area (Å²) in [5.74, 6) is 15.1. The van der Waals surface area contributed by atoms with Gasteiger partial charge in [-0.3, -0.25) is 0 Å². The fraction of sp³-hybridized carbons (Fsp3) is 0. The van der Waals surface area contributed by atoms with Crippen molar-refractivity contribution < 1.29 is 0 Å². The van der Waals surface area contributed by atoms with Crippen LogP contribution in [0, 0.1) is 74.1 Å². The van der Waals surface area contributed by atoms with E-state index in [9.17, 15) is 0 Å². The molecule has 0 aliphatic heterocycles. The minimum atomic E-state index is 0.639. The highest BCUT2D eigenvalue weighted by Crippen LogP contribution is 2.14. The molecule has 0 fully saturated rings. The Morgan fingerprint density at radius 2 is 0.815 bits per heavy atom. The number of hydrogen-bond acceptors (Lipinski definition) is 0. The molecule has 6 aromatic rings. The van der Waals surface area contributed by atoms with Gasteiger partial charge in [0.1, 0.15) is 0 Å². The number of halogens is 6. The van der Waals surface area contributed by atoms with Gasteiger partial charge in [-0.05, 0) is 125 Å². The van der Waals surface area contributed by atoms with Crippen molar-refractivity contribution in [1.29, 1.82) is 0 Å². The van der Waals surface area contributed by atoms with Crippen LogP contribution in [0.1, 0.15) is 33.4 Å². The maximum Gasteiger partial charge on any atom is 0.0562 e. The topological polar surface area (TPSA) is 0 Å². The number of rotatable bonds is 0. The zero-order valence-electron chi connectivity index (χ0n) is 28.6. The van der Waals surface area contributed by atoms with E-state index < -0.39 is 0 Å². The first-order valence-corrected chi connectivity index (χ1v) is 18.8. The quantitative estimate of drug-likeness (QED) is 0.133. The summed E-state index contributed by atoms with van der Waals surface area (Å²) < 4.78 is 3.06. The van der Waals surface area contributed by atoms with Gasteiger partial charge in [0.2, 0.25) is 0 Å². The first-order valence-electron chi connectivity index (χ1n) is 15.3. The van der Waals surface area contributed by atoms with Gasteiger partial charge in [0, 0.05) is 56.8 Å². The molecule has 0 bridgehead atoms. The molecular weight excluding hydrogens is 923 g/mol. The normalized spacial score (nSPS) is 8.44. The lowest BCUT2D eigenvalue weighted by atomic mass is 10.2. The monoisotopic (exact) mass is 948 g/mol. The van der Waals surface area contributed by atoms with E-state index in [1.807, 2.05) is 115 Å². The Hall–Kier alpha value is -5.01. The van der Waals surface area contributed by atoms with Crippen LogP contribution < -0.4 is 0 Å². The van der Waals surface area contributed by atoms with Crippen molar-refractivity contribution in [3.05, 3.63) is 207 Å². The fourth-order valence-corrected chi connectivity index (χ4v) is 4.97. The SMILES string of the molecule is C#Cc1ccc(Br)cc1.C#Cc1ccc(Cl)cc1.C#Cc1cccc(Br)c1.C#Cc1cccc(Cl)c1.C#Cc1ccccc1Br.C#Cc1ccccc1Cl. The molecule has 54 heavy (non-hydrogen) atoms. The van der Waals surface area contributed by atoms with Crippen molar-refractivity contribution in [2.24, 2.45) is 0 Å². The molecule has 0 atom stereocenters. The summed E-state index contributed by atoms with van der Waals surface area (Å²) >= 11 is 26.8. The molecule has 0 amide bonds. The standard InChI is InChI=1S/3C8H5Br.3C8H5Cl/c1-2-7-3-5-8(9)6-4-7;1-2-7-4-3-5-8(9)6-7;1-2-7-5-3-4-6-8(7)9;1-2-7-3-5-8(9)6-4-7;1-2-7-4-3-5-8(9)6-7;1-2-7-5-3-4-6-8(7)9/h6*1,3-6H. The third kappa shape index (κ3) is 20.9. The average Bonchev–Trinajstić information content (AvgIpc) is 3.20. The summed E-state index contributed by atoms with van der Waals surface area (Å²) in [5, 5.41) is 2.04. The van der Waals surface area contributed by atoms with Gasteiger partial charge in [-0.2, -0.15) is 0 Å². The van der Waals surface area contributed by atoms with E-state index in [1.165, 1.54) is 0 Å². The molecule has 0 saturated heterocycles. The van der Waals surface area contributed by atoms with E-state index in [-0.39, 0.29) is 0 Å². The summed E-state index contributed by atoms with van der Waals surface area (Å²) in [7, 11) is 0. The van der Waals surface area contributed by atoms with Crippen molar-refractivity contribution in [2.45, 2.75) is 0 Å². The summed E-state index contributed by atoms with van der Waals surface area (Å²) in [6, 6.07) is 44.6. The van der Waals surface area contributed by atoms with Crippen molar-refractivity contribution in [2.75, 3.05) is 0 Å². The molecule has 0 saturated carbocycles. The summed E-state index contributed by atoms with van der Waals surface area (Å²) in [4.78, 5) is 0. The third-order valence-corrected chi connectivity index (χ3v) is 8.59. The highest BCUT2D eigenvalue weighted by Gasteiger charge is 1.91. The largest absolute Gasteiger partial charge is 0.115 e. The van der Waals surface area contributed by atoms with Crippen LogP contribution in [0.15, 0.2) is 159 Å². The maximum atomic E-state index is 5.68. The third-order valence-electron chi connectivity index (χ3n) is 6.06. The summed E-state index contributed by atoms with van der Waals surface area (Å²) in [5.41, 5.74) is 5.15. The molecule has 0 heterocycles. The van der Waals surface area contributed by atoms with E-state index in [0.717, 1.165) is 46.8 Å². The average molecular weight is 953 g/mol. The maximum absolute atomic E-state index is 5.68. The first kappa shape index (κ1) is 47.0. The molecule has 0 aromatic heterocycles. The zero-order chi connectivity index (χ0) is 40.1. The Morgan fingerprint density at radius 3 is 1.20 bits per heavy atom. The van der Waals surface area contributed by atoms with Crippen molar-refractivity contribution >= 4 is 82.6 Å². The predicted octanol–water partition coefficient (Wildman–Crippen LogP) is 14.3. The van der Waals surface area contributed by atoms with Gasteiger partial charge >= 0.3 is 0 Å². The van der Waals surface area contributed by atoms with Crippen LogP contribution in [-0.2, 0) is 0 Å². The van der Waals surface area contributed by atoms with Gasteiger partial charge in [0.05, 0.1) is 5.02 Å². The highest BCUT2D eigenvalue weighted by atomic mass is 79.9. The lowest BCUT2D eigenvalue weighted by Gasteiger charge is -1.90. The lowest BCUT2D eigenvalue weighted by molar-refractivity contribution is 1.59. The van der Waals surface area contributed by atoms with Gasteiger partial charge in [-0.25, -0.2) is 0 Å². The van der Waals surface area contributed by atoms with E-state index in [4.69, 9.17) is 73.3 Å². The Bertz CT molecular complexity index is 2140. The molecule has 0 unspecified atom stereocenters. The summed E-state index contributed by atoms with van der Waals surface area (Å²) in [6.07, 6.45) is 30.8. The van der Waals surface area contributed by atoms with Crippen LogP contribution in [0.25, 0.3) is 0 Å². The molecular formula is C48H30Br3Cl3.